The van der Waals surface area contributed by atoms with Crippen LogP contribution in [0.15, 0.2) is 18.2 Å². The monoisotopic (exact) mass is 249 g/mol. The van der Waals surface area contributed by atoms with Crippen molar-refractivity contribution in [3.05, 3.63) is 29.3 Å². The van der Waals surface area contributed by atoms with Crippen molar-refractivity contribution in [2.45, 2.75) is 26.4 Å². The first kappa shape index (κ1) is 12.9. The molecule has 1 fully saturated rings. The molecule has 1 atom stereocenters. The number of aryl methyl sites for hydroxylation is 2. The van der Waals surface area contributed by atoms with E-state index in [0.717, 1.165) is 12.2 Å². The molecule has 98 valence electrons. The third kappa shape index (κ3) is 3.23. The fraction of sp³-hybridized carbons (Fsp3) is 0.500. The van der Waals surface area contributed by atoms with Crippen LogP contribution < -0.4 is 4.90 Å². The molecule has 18 heavy (non-hydrogen) atoms. The highest BCUT2D eigenvalue weighted by molar-refractivity contribution is 5.67. The number of hydrogen-bond acceptors (Lipinski definition) is 3. The van der Waals surface area contributed by atoms with Gasteiger partial charge in [0.15, 0.2) is 0 Å². The number of carboxylic acid groups (broad SMARTS) is 1. The van der Waals surface area contributed by atoms with Crippen LogP contribution in [0.1, 0.15) is 17.5 Å². The van der Waals surface area contributed by atoms with Gasteiger partial charge in [-0.25, -0.2) is 0 Å². The number of hydrogen-bond donors (Lipinski definition) is 1. The van der Waals surface area contributed by atoms with E-state index in [1.54, 1.807) is 0 Å². The molecule has 1 aliphatic rings. The van der Waals surface area contributed by atoms with Crippen molar-refractivity contribution in [1.29, 1.82) is 0 Å². The predicted octanol–water partition coefficient (Wildman–Crippen LogP) is 1.98. The van der Waals surface area contributed by atoms with Crippen molar-refractivity contribution in [2.75, 3.05) is 24.6 Å². The van der Waals surface area contributed by atoms with Gasteiger partial charge < -0.3 is 14.7 Å². The van der Waals surface area contributed by atoms with Gasteiger partial charge in [0, 0.05) is 18.8 Å². The van der Waals surface area contributed by atoms with Crippen LogP contribution in [0.5, 0.6) is 0 Å². The van der Waals surface area contributed by atoms with Crippen molar-refractivity contribution in [3.63, 3.8) is 0 Å². The molecule has 2 rings (SSSR count). The highest BCUT2D eigenvalue weighted by atomic mass is 16.5. The molecule has 0 radical (unpaired) electrons. The molecular weight excluding hydrogens is 230 g/mol. The molecule has 1 aliphatic heterocycles. The quantitative estimate of drug-likeness (QED) is 0.890. The van der Waals surface area contributed by atoms with Gasteiger partial charge in [0.1, 0.15) is 0 Å². The number of carboxylic acids is 1. The zero-order valence-electron chi connectivity index (χ0n) is 10.8. The largest absolute Gasteiger partial charge is 0.481 e. The molecule has 0 saturated carbocycles. The summed E-state index contributed by atoms with van der Waals surface area (Å²) < 4.78 is 5.48. The minimum atomic E-state index is -0.803. The minimum absolute atomic E-state index is 0.0707. The molecule has 1 saturated heterocycles. The Morgan fingerprint density at radius 3 is 2.67 bits per heavy atom. The summed E-state index contributed by atoms with van der Waals surface area (Å²) in [6.07, 6.45) is -0.140. The summed E-state index contributed by atoms with van der Waals surface area (Å²) in [5.41, 5.74) is 3.61. The van der Waals surface area contributed by atoms with Crippen LogP contribution in [0.3, 0.4) is 0 Å². The zero-order chi connectivity index (χ0) is 13.1. The summed E-state index contributed by atoms with van der Waals surface area (Å²) in [7, 11) is 0. The fourth-order valence-electron chi connectivity index (χ4n) is 2.41. The van der Waals surface area contributed by atoms with Gasteiger partial charge in [-0.15, -0.1) is 0 Å². The first-order valence-electron chi connectivity index (χ1n) is 6.21. The lowest BCUT2D eigenvalue weighted by molar-refractivity contribution is -0.140. The predicted molar refractivity (Wildman–Crippen MR) is 70.1 cm³/mol. The Morgan fingerprint density at radius 2 is 2.06 bits per heavy atom. The van der Waals surface area contributed by atoms with Gasteiger partial charge in [0.25, 0.3) is 0 Å². The van der Waals surface area contributed by atoms with E-state index in [9.17, 15) is 4.79 Å². The van der Waals surface area contributed by atoms with Crippen molar-refractivity contribution >= 4 is 11.7 Å². The number of ether oxygens (including phenoxy) is 1. The molecule has 0 aliphatic carbocycles. The van der Waals surface area contributed by atoms with Crippen LogP contribution >= 0.6 is 0 Å². The number of aliphatic carboxylic acids is 1. The third-order valence-corrected chi connectivity index (χ3v) is 3.11. The van der Waals surface area contributed by atoms with Crippen molar-refractivity contribution in [2.24, 2.45) is 0 Å². The molecule has 1 aromatic carbocycles. The maximum atomic E-state index is 10.7. The highest BCUT2D eigenvalue weighted by Crippen LogP contribution is 2.21. The maximum Gasteiger partial charge on any atom is 0.306 e. The molecule has 1 N–H and O–H groups in total. The molecule has 0 amide bonds. The summed E-state index contributed by atoms with van der Waals surface area (Å²) in [6.45, 7) is 6.20. The fourth-order valence-corrected chi connectivity index (χ4v) is 2.41. The van der Waals surface area contributed by atoms with E-state index in [2.05, 4.69) is 36.9 Å². The van der Waals surface area contributed by atoms with Gasteiger partial charge in [-0.3, -0.25) is 4.79 Å². The van der Waals surface area contributed by atoms with Gasteiger partial charge in [0.2, 0.25) is 0 Å². The molecular formula is C14H19NO3. The lowest BCUT2D eigenvalue weighted by Gasteiger charge is -2.34. The molecule has 4 heteroatoms. The van der Waals surface area contributed by atoms with Gasteiger partial charge in [-0.2, -0.15) is 0 Å². The number of morpholine rings is 1. The Morgan fingerprint density at radius 1 is 1.39 bits per heavy atom. The first-order valence-corrected chi connectivity index (χ1v) is 6.21. The molecule has 1 unspecified atom stereocenters. The lowest BCUT2D eigenvalue weighted by atomic mass is 10.1. The maximum absolute atomic E-state index is 10.7. The summed E-state index contributed by atoms with van der Waals surface area (Å²) >= 11 is 0. The second-order valence-corrected chi connectivity index (χ2v) is 4.88. The summed E-state index contributed by atoms with van der Waals surface area (Å²) in [4.78, 5) is 12.9. The lowest BCUT2D eigenvalue weighted by Crippen LogP contribution is -2.43. The Bertz CT molecular complexity index is 424. The Balaban J connectivity index is 2.10. The van der Waals surface area contributed by atoms with E-state index < -0.39 is 5.97 Å². The van der Waals surface area contributed by atoms with Gasteiger partial charge in [0.05, 0.1) is 19.1 Å². The summed E-state index contributed by atoms with van der Waals surface area (Å²) in [5, 5.41) is 8.81. The first-order chi connectivity index (χ1) is 8.54. The zero-order valence-corrected chi connectivity index (χ0v) is 10.8. The number of anilines is 1. The van der Waals surface area contributed by atoms with Crippen LogP contribution in [0.2, 0.25) is 0 Å². The van der Waals surface area contributed by atoms with Crippen LogP contribution in [-0.4, -0.2) is 36.9 Å². The van der Waals surface area contributed by atoms with Crippen molar-refractivity contribution < 1.29 is 14.6 Å². The van der Waals surface area contributed by atoms with Crippen molar-refractivity contribution in [1.82, 2.24) is 0 Å². The number of rotatable bonds is 3. The second kappa shape index (κ2) is 5.40. The van der Waals surface area contributed by atoms with Gasteiger partial charge in [-0.1, -0.05) is 6.07 Å². The molecule has 1 aromatic rings. The Hall–Kier alpha value is -1.55. The van der Waals surface area contributed by atoms with Crippen LogP contribution in [-0.2, 0) is 9.53 Å². The van der Waals surface area contributed by atoms with E-state index in [0.29, 0.717) is 13.2 Å². The average molecular weight is 249 g/mol. The number of nitrogens with zero attached hydrogens (tertiary/aromatic N) is 1. The smallest absolute Gasteiger partial charge is 0.306 e. The normalized spacial score (nSPS) is 19.9. The van der Waals surface area contributed by atoms with E-state index in [1.165, 1.54) is 11.1 Å². The molecule has 4 nitrogen and oxygen atoms in total. The van der Waals surface area contributed by atoms with E-state index in [-0.39, 0.29) is 12.5 Å². The number of benzene rings is 1. The van der Waals surface area contributed by atoms with Crippen LogP contribution in [0.25, 0.3) is 0 Å². The van der Waals surface area contributed by atoms with E-state index in [4.69, 9.17) is 9.84 Å². The standard InChI is InChI=1S/C14H19NO3/c1-10-5-11(2)7-12(6-10)15-3-4-18-13(9-15)8-14(16)17/h5-7,13H,3-4,8-9H2,1-2H3,(H,16,17). The number of carbonyl (C=O) groups is 1. The van der Waals surface area contributed by atoms with Crippen LogP contribution in [0, 0.1) is 13.8 Å². The molecule has 0 aromatic heterocycles. The van der Waals surface area contributed by atoms with Gasteiger partial charge >= 0.3 is 5.97 Å². The van der Waals surface area contributed by atoms with E-state index in [1.807, 2.05) is 0 Å². The molecule has 0 spiro atoms. The second-order valence-electron chi connectivity index (χ2n) is 4.88. The Labute approximate surface area is 107 Å². The SMILES string of the molecule is Cc1cc(C)cc(N2CCOC(CC(=O)O)C2)c1. The molecule has 0 bridgehead atoms. The van der Waals surface area contributed by atoms with Gasteiger partial charge in [-0.05, 0) is 37.1 Å². The summed E-state index contributed by atoms with van der Waals surface area (Å²) in [6, 6.07) is 6.41. The minimum Gasteiger partial charge on any atom is -0.481 e. The van der Waals surface area contributed by atoms with E-state index >= 15 is 0 Å². The Kier molecular flexibility index (Phi) is 3.87. The van der Waals surface area contributed by atoms with Crippen LogP contribution in [0.4, 0.5) is 5.69 Å². The third-order valence-electron chi connectivity index (χ3n) is 3.11. The van der Waals surface area contributed by atoms with Crippen molar-refractivity contribution in [3.8, 4) is 0 Å². The topological polar surface area (TPSA) is 49.8 Å². The average Bonchev–Trinajstić information content (AvgIpc) is 2.27. The summed E-state index contributed by atoms with van der Waals surface area (Å²) in [5.74, 6) is -0.803. The molecule has 1 heterocycles. The highest BCUT2D eigenvalue weighted by Gasteiger charge is 2.23.